The van der Waals surface area contributed by atoms with Crippen molar-refractivity contribution < 1.29 is 9.59 Å². The molecule has 0 saturated heterocycles. The van der Waals surface area contributed by atoms with Gasteiger partial charge in [-0.2, -0.15) is 0 Å². The van der Waals surface area contributed by atoms with Crippen LogP contribution in [0.5, 0.6) is 0 Å². The molecule has 3 rings (SSSR count). The van der Waals surface area contributed by atoms with E-state index < -0.39 is 0 Å². The van der Waals surface area contributed by atoms with E-state index in [9.17, 15) is 14.4 Å². The lowest BCUT2D eigenvalue weighted by Crippen LogP contribution is -2.17. The molecule has 0 unspecified atom stereocenters. The Bertz CT molecular complexity index is 1130. The Kier molecular flexibility index (Phi) is 5.89. The molecule has 150 valence electrons. The Morgan fingerprint density at radius 1 is 1.00 bits per heavy atom. The van der Waals surface area contributed by atoms with Gasteiger partial charge in [0.15, 0.2) is 5.78 Å². The SMILES string of the molecule is CC(C)(C)c1cc(=O)[nH]c2cc(NC(=O)CCC(=O)c3ccc(Cl)cc3)ccc12. The number of rotatable bonds is 5. The van der Waals surface area contributed by atoms with Gasteiger partial charge in [0.2, 0.25) is 11.5 Å². The van der Waals surface area contributed by atoms with Crippen molar-refractivity contribution in [1.29, 1.82) is 0 Å². The van der Waals surface area contributed by atoms with E-state index in [4.69, 9.17) is 11.6 Å². The summed E-state index contributed by atoms with van der Waals surface area (Å²) in [6.07, 6.45) is 0.171. The summed E-state index contributed by atoms with van der Waals surface area (Å²) in [6.45, 7) is 6.15. The summed E-state index contributed by atoms with van der Waals surface area (Å²) < 4.78 is 0. The molecule has 0 aliphatic rings. The third-order valence-corrected chi connectivity index (χ3v) is 4.93. The van der Waals surface area contributed by atoms with E-state index in [1.54, 1.807) is 42.5 Å². The zero-order valence-electron chi connectivity index (χ0n) is 16.6. The lowest BCUT2D eigenvalue weighted by molar-refractivity contribution is -0.116. The van der Waals surface area contributed by atoms with E-state index in [-0.39, 0.29) is 35.5 Å². The number of aromatic nitrogens is 1. The van der Waals surface area contributed by atoms with Gasteiger partial charge < -0.3 is 10.3 Å². The number of aromatic amines is 1. The van der Waals surface area contributed by atoms with E-state index >= 15 is 0 Å². The number of amides is 1. The van der Waals surface area contributed by atoms with Gasteiger partial charge in [-0.15, -0.1) is 0 Å². The number of H-pyrrole nitrogens is 1. The van der Waals surface area contributed by atoms with Gasteiger partial charge in [0, 0.05) is 40.6 Å². The second-order valence-corrected chi connectivity index (χ2v) is 8.47. The van der Waals surface area contributed by atoms with E-state index in [1.165, 1.54) is 0 Å². The van der Waals surface area contributed by atoms with Crippen molar-refractivity contribution >= 4 is 39.9 Å². The van der Waals surface area contributed by atoms with Crippen LogP contribution in [-0.2, 0) is 10.2 Å². The number of carbonyl (C=O) groups is 2. The second kappa shape index (κ2) is 8.21. The molecule has 29 heavy (non-hydrogen) atoms. The molecule has 1 amide bonds. The number of halogens is 1. The van der Waals surface area contributed by atoms with Crippen molar-refractivity contribution in [3.05, 3.63) is 75.0 Å². The summed E-state index contributed by atoms with van der Waals surface area (Å²) in [7, 11) is 0. The maximum atomic E-state index is 12.3. The lowest BCUT2D eigenvalue weighted by Gasteiger charge is -2.21. The van der Waals surface area contributed by atoms with Gasteiger partial charge >= 0.3 is 0 Å². The molecule has 1 aromatic heterocycles. The first-order valence-corrected chi connectivity index (χ1v) is 9.77. The zero-order valence-corrected chi connectivity index (χ0v) is 17.4. The van der Waals surface area contributed by atoms with E-state index in [2.05, 4.69) is 31.1 Å². The van der Waals surface area contributed by atoms with Crippen LogP contribution in [0.4, 0.5) is 5.69 Å². The van der Waals surface area contributed by atoms with Crippen molar-refractivity contribution in [3.63, 3.8) is 0 Å². The summed E-state index contributed by atoms with van der Waals surface area (Å²) in [5, 5.41) is 4.29. The number of pyridine rings is 1. The molecule has 3 aromatic rings. The molecular formula is C23H23ClN2O3. The Morgan fingerprint density at radius 3 is 2.34 bits per heavy atom. The largest absolute Gasteiger partial charge is 0.326 e. The molecule has 0 bridgehead atoms. The number of nitrogens with one attached hydrogen (secondary N) is 2. The average molecular weight is 411 g/mol. The summed E-state index contributed by atoms with van der Waals surface area (Å²) in [5.74, 6) is -0.379. The van der Waals surface area contributed by atoms with E-state index in [0.717, 1.165) is 10.9 Å². The third kappa shape index (κ3) is 5.12. The van der Waals surface area contributed by atoms with Gasteiger partial charge in [0.05, 0.1) is 5.52 Å². The van der Waals surface area contributed by atoms with Crippen LogP contribution in [0.3, 0.4) is 0 Å². The third-order valence-electron chi connectivity index (χ3n) is 4.68. The van der Waals surface area contributed by atoms with Crippen LogP contribution in [0, 0.1) is 0 Å². The minimum absolute atomic E-state index is 0.0675. The van der Waals surface area contributed by atoms with Gasteiger partial charge in [0.1, 0.15) is 0 Å². The Morgan fingerprint density at radius 2 is 1.69 bits per heavy atom. The van der Waals surface area contributed by atoms with Crippen LogP contribution < -0.4 is 10.9 Å². The Labute approximate surface area is 174 Å². The summed E-state index contributed by atoms with van der Waals surface area (Å²) in [6, 6.07) is 13.6. The van der Waals surface area contributed by atoms with Crippen LogP contribution in [0.2, 0.25) is 5.02 Å². The fraction of sp³-hybridized carbons (Fsp3) is 0.261. The Hall–Kier alpha value is -2.92. The highest BCUT2D eigenvalue weighted by molar-refractivity contribution is 6.30. The molecule has 0 spiro atoms. The first kappa shape index (κ1) is 20.8. The molecule has 2 N–H and O–H groups in total. The molecular weight excluding hydrogens is 388 g/mol. The summed E-state index contributed by atoms with van der Waals surface area (Å²) >= 11 is 5.82. The van der Waals surface area contributed by atoms with Crippen molar-refractivity contribution in [2.75, 3.05) is 5.32 Å². The van der Waals surface area contributed by atoms with Crippen molar-refractivity contribution in [2.45, 2.75) is 39.0 Å². The molecule has 0 fully saturated rings. The van der Waals surface area contributed by atoms with Gasteiger partial charge in [-0.1, -0.05) is 38.4 Å². The molecule has 0 atom stereocenters. The lowest BCUT2D eigenvalue weighted by atomic mass is 9.85. The number of Topliss-reactive ketones (excluding diaryl/α,β-unsaturated/α-hetero) is 1. The van der Waals surface area contributed by atoms with Crippen molar-refractivity contribution in [1.82, 2.24) is 4.98 Å². The first-order valence-electron chi connectivity index (χ1n) is 9.40. The van der Waals surface area contributed by atoms with Crippen LogP contribution in [0.1, 0.15) is 49.5 Å². The van der Waals surface area contributed by atoms with Gasteiger partial charge in [0.25, 0.3) is 0 Å². The topological polar surface area (TPSA) is 79.0 Å². The fourth-order valence-electron chi connectivity index (χ4n) is 3.19. The van der Waals surface area contributed by atoms with Crippen molar-refractivity contribution in [2.24, 2.45) is 0 Å². The molecule has 0 aliphatic carbocycles. The fourth-order valence-corrected chi connectivity index (χ4v) is 3.32. The second-order valence-electron chi connectivity index (χ2n) is 8.04. The van der Waals surface area contributed by atoms with E-state index in [0.29, 0.717) is 21.8 Å². The monoisotopic (exact) mass is 410 g/mol. The number of anilines is 1. The summed E-state index contributed by atoms with van der Waals surface area (Å²) in [5.41, 5.74) is 2.35. The van der Waals surface area contributed by atoms with Gasteiger partial charge in [-0.25, -0.2) is 0 Å². The zero-order chi connectivity index (χ0) is 21.2. The standard InChI is InChI=1S/C23H23ClN2O3/c1-23(2,3)18-13-22(29)26-19-12-16(8-9-17(18)19)25-21(28)11-10-20(27)14-4-6-15(24)7-5-14/h4-9,12-13H,10-11H2,1-3H3,(H,25,28)(H,26,29). The molecule has 0 saturated carbocycles. The number of fused-ring (bicyclic) bond motifs is 1. The first-order chi connectivity index (χ1) is 13.6. The molecule has 5 nitrogen and oxygen atoms in total. The smallest absolute Gasteiger partial charge is 0.248 e. The maximum Gasteiger partial charge on any atom is 0.248 e. The molecule has 6 heteroatoms. The number of ketones is 1. The minimum Gasteiger partial charge on any atom is -0.326 e. The van der Waals surface area contributed by atoms with Crippen molar-refractivity contribution in [3.8, 4) is 0 Å². The van der Waals surface area contributed by atoms with E-state index in [1.807, 2.05) is 6.07 Å². The van der Waals surface area contributed by atoms with Crippen LogP contribution in [0.15, 0.2) is 53.3 Å². The predicted molar refractivity (Wildman–Crippen MR) is 117 cm³/mol. The molecule has 0 aliphatic heterocycles. The van der Waals surface area contributed by atoms with Gasteiger partial charge in [-0.05, 0) is 47.4 Å². The van der Waals surface area contributed by atoms with Crippen LogP contribution >= 0.6 is 11.6 Å². The number of hydrogen-bond acceptors (Lipinski definition) is 3. The van der Waals surface area contributed by atoms with Crippen LogP contribution in [-0.4, -0.2) is 16.7 Å². The number of carbonyl (C=O) groups excluding carboxylic acids is 2. The summed E-state index contributed by atoms with van der Waals surface area (Å²) in [4.78, 5) is 39.3. The minimum atomic E-state index is -0.263. The maximum absolute atomic E-state index is 12.3. The predicted octanol–water partition coefficient (Wildman–Crippen LogP) is 5.08. The number of benzene rings is 2. The van der Waals surface area contributed by atoms with Crippen LogP contribution in [0.25, 0.3) is 10.9 Å². The molecule has 2 aromatic carbocycles. The highest BCUT2D eigenvalue weighted by Crippen LogP contribution is 2.29. The highest BCUT2D eigenvalue weighted by Gasteiger charge is 2.18. The molecule has 1 heterocycles. The molecule has 0 radical (unpaired) electrons. The quantitative estimate of drug-likeness (QED) is 0.575. The number of hydrogen-bond donors (Lipinski definition) is 2. The highest BCUT2D eigenvalue weighted by atomic mass is 35.5. The Balaban J connectivity index is 1.71. The normalized spacial score (nSPS) is 11.4. The van der Waals surface area contributed by atoms with Gasteiger partial charge in [-0.3, -0.25) is 14.4 Å². The average Bonchev–Trinajstić information content (AvgIpc) is 2.65.